The number of nitrogens with one attached hydrogen (secondary N) is 1. The van der Waals surface area contributed by atoms with Gasteiger partial charge in [0.2, 0.25) is 0 Å². The summed E-state index contributed by atoms with van der Waals surface area (Å²) in [5.74, 6) is 0.694. The number of aromatic nitrogens is 5. The zero-order valence-electron chi connectivity index (χ0n) is 16.5. The number of rotatable bonds is 4. The molecule has 0 bridgehead atoms. The summed E-state index contributed by atoms with van der Waals surface area (Å²) in [6, 6.07) is 17.7. The molecular formula is C23H22N6O. The smallest absolute Gasteiger partial charge is 0.276 e. The van der Waals surface area contributed by atoms with E-state index >= 15 is 0 Å². The number of anilines is 1. The first-order chi connectivity index (χ1) is 14.8. The molecule has 0 atom stereocenters. The van der Waals surface area contributed by atoms with Crippen LogP contribution in [0.3, 0.4) is 0 Å². The monoisotopic (exact) mass is 398 g/mol. The molecule has 0 saturated carbocycles. The first-order valence-corrected chi connectivity index (χ1v) is 10.2. The summed E-state index contributed by atoms with van der Waals surface area (Å²) in [6.45, 7) is 0.892. The summed E-state index contributed by atoms with van der Waals surface area (Å²) >= 11 is 0. The molecule has 1 amide bonds. The highest BCUT2D eigenvalue weighted by Crippen LogP contribution is 2.28. The maximum Gasteiger partial charge on any atom is 0.276 e. The quantitative estimate of drug-likeness (QED) is 0.561. The van der Waals surface area contributed by atoms with E-state index in [4.69, 9.17) is 4.98 Å². The lowest BCUT2D eigenvalue weighted by atomic mass is 10.1. The Hall–Kier alpha value is -3.74. The third-order valence-corrected chi connectivity index (χ3v) is 5.44. The molecule has 150 valence electrons. The van der Waals surface area contributed by atoms with Gasteiger partial charge in [-0.2, -0.15) is 0 Å². The molecule has 1 aliphatic heterocycles. The minimum absolute atomic E-state index is 0.177. The predicted octanol–water partition coefficient (Wildman–Crippen LogP) is 4.11. The fraction of sp³-hybridized carbons (Fsp3) is 0.217. The third-order valence-electron chi connectivity index (χ3n) is 5.44. The summed E-state index contributed by atoms with van der Waals surface area (Å²) in [7, 11) is 0. The number of imidazole rings is 1. The van der Waals surface area contributed by atoms with Gasteiger partial charge in [0, 0.05) is 17.8 Å². The summed E-state index contributed by atoms with van der Waals surface area (Å²) in [4.78, 5) is 18.0. The van der Waals surface area contributed by atoms with Gasteiger partial charge in [-0.3, -0.25) is 9.36 Å². The van der Waals surface area contributed by atoms with Gasteiger partial charge in [-0.05, 0) is 37.5 Å². The standard InChI is InChI=1S/C23H22N6O/c30-23(26-18-10-7-11-19(14-18)28-15-24-25-16-28)21-20-12-5-2-6-13-29(20)22(27-21)17-8-3-1-4-9-17/h1,3-4,7-11,14-16H,2,5-6,12-13H2,(H,26,30). The summed E-state index contributed by atoms with van der Waals surface area (Å²) < 4.78 is 4.02. The van der Waals surface area contributed by atoms with E-state index in [9.17, 15) is 4.79 Å². The van der Waals surface area contributed by atoms with E-state index in [1.807, 2.05) is 54.6 Å². The molecule has 5 rings (SSSR count). The van der Waals surface area contributed by atoms with Crippen molar-refractivity contribution in [1.29, 1.82) is 0 Å². The molecule has 7 nitrogen and oxygen atoms in total. The van der Waals surface area contributed by atoms with E-state index in [-0.39, 0.29) is 5.91 Å². The molecule has 1 aliphatic rings. The number of carbonyl (C=O) groups excluding carboxylic acids is 1. The second-order valence-corrected chi connectivity index (χ2v) is 7.43. The van der Waals surface area contributed by atoms with Gasteiger partial charge in [-0.1, -0.05) is 42.8 Å². The number of benzene rings is 2. The van der Waals surface area contributed by atoms with E-state index in [0.29, 0.717) is 11.4 Å². The van der Waals surface area contributed by atoms with Crippen LogP contribution in [-0.2, 0) is 13.0 Å². The van der Waals surface area contributed by atoms with Crippen LogP contribution in [0.1, 0.15) is 35.4 Å². The van der Waals surface area contributed by atoms with Crippen molar-refractivity contribution in [2.24, 2.45) is 0 Å². The van der Waals surface area contributed by atoms with Crippen LogP contribution in [0.5, 0.6) is 0 Å². The van der Waals surface area contributed by atoms with Gasteiger partial charge in [0.15, 0.2) is 0 Å². The predicted molar refractivity (Wildman–Crippen MR) is 115 cm³/mol. The van der Waals surface area contributed by atoms with E-state index in [0.717, 1.165) is 55.0 Å². The first kappa shape index (κ1) is 18.3. The van der Waals surface area contributed by atoms with Crippen molar-refractivity contribution in [3.05, 3.63) is 78.6 Å². The number of carbonyl (C=O) groups is 1. The molecule has 7 heteroatoms. The second kappa shape index (κ2) is 7.94. The zero-order chi connectivity index (χ0) is 20.3. The molecule has 0 unspecified atom stereocenters. The summed E-state index contributed by atoms with van der Waals surface area (Å²) in [5, 5.41) is 10.7. The molecule has 0 fully saturated rings. The Morgan fingerprint density at radius 3 is 2.60 bits per heavy atom. The van der Waals surface area contributed by atoms with Gasteiger partial charge in [0.05, 0.1) is 11.4 Å². The normalized spacial score (nSPS) is 13.5. The minimum Gasteiger partial charge on any atom is -0.327 e. The van der Waals surface area contributed by atoms with Crippen LogP contribution < -0.4 is 5.32 Å². The van der Waals surface area contributed by atoms with Crippen molar-refractivity contribution in [3.8, 4) is 17.1 Å². The molecule has 2 aromatic heterocycles. The lowest BCUT2D eigenvalue weighted by Crippen LogP contribution is -2.15. The molecule has 0 spiro atoms. The van der Waals surface area contributed by atoms with E-state index in [2.05, 4.69) is 20.1 Å². The summed E-state index contributed by atoms with van der Waals surface area (Å²) in [6.07, 6.45) is 7.46. The highest BCUT2D eigenvalue weighted by Gasteiger charge is 2.24. The number of nitrogens with zero attached hydrogens (tertiary/aromatic N) is 5. The van der Waals surface area contributed by atoms with Gasteiger partial charge >= 0.3 is 0 Å². The van der Waals surface area contributed by atoms with Crippen LogP contribution >= 0.6 is 0 Å². The Bertz CT molecular complexity index is 1160. The number of hydrogen-bond donors (Lipinski definition) is 1. The second-order valence-electron chi connectivity index (χ2n) is 7.43. The van der Waals surface area contributed by atoms with Gasteiger partial charge in [-0.15, -0.1) is 10.2 Å². The summed E-state index contributed by atoms with van der Waals surface area (Å²) in [5.41, 5.74) is 4.17. The fourth-order valence-corrected chi connectivity index (χ4v) is 3.98. The third kappa shape index (κ3) is 3.50. The Morgan fingerprint density at radius 1 is 0.933 bits per heavy atom. The van der Waals surface area contributed by atoms with E-state index in [1.165, 1.54) is 0 Å². The Morgan fingerprint density at radius 2 is 1.77 bits per heavy atom. The van der Waals surface area contributed by atoms with Crippen molar-refractivity contribution >= 4 is 11.6 Å². The Kier molecular flexibility index (Phi) is 4.85. The number of hydrogen-bond acceptors (Lipinski definition) is 4. The van der Waals surface area contributed by atoms with Crippen LogP contribution in [0.2, 0.25) is 0 Å². The van der Waals surface area contributed by atoms with Crippen molar-refractivity contribution in [2.75, 3.05) is 5.32 Å². The zero-order valence-corrected chi connectivity index (χ0v) is 16.5. The van der Waals surface area contributed by atoms with Gasteiger partial charge < -0.3 is 9.88 Å². The SMILES string of the molecule is O=C(Nc1cccc(-n2cnnc2)c1)c1nc(-c2ccccc2)n2c1CCCCC2. The van der Waals surface area contributed by atoms with E-state index in [1.54, 1.807) is 17.2 Å². The van der Waals surface area contributed by atoms with Gasteiger partial charge in [0.1, 0.15) is 24.2 Å². The number of amides is 1. The Labute approximate surface area is 174 Å². The molecule has 1 N–H and O–H groups in total. The molecule has 2 aromatic carbocycles. The van der Waals surface area contributed by atoms with Crippen molar-refractivity contribution in [1.82, 2.24) is 24.3 Å². The molecule has 3 heterocycles. The molecule has 30 heavy (non-hydrogen) atoms. The van der Waals surface area contributed by atoms with Crippen molar-refractivity contribution < 1.29 is 4.79 Å². The number of fused-ring (bicyclic) bond motifs is 1. The maximum atomic E-state index is 13.2. The van der Waals surface area contributed by atoms with Crippen LogP contribution in [0.4, 0.5) is 5.69 Å². The first-order valence-electron chi connectivity index (χ1n) is 10.2. The van der Waals surface area contributed by atoms with Crippen molar-refractivity contribution in [2.45, 2.75) is 32.2 Å². The van der Waals surface area contributed by atoms with Crippen LogP contribution in [0.15, 0.2) is 67.3 Å². The van der Waals surface area contributed by atoms with Crippen molar-refractivity contribution in [3.63, 3.8) is 0 Å². The van der Waals surface area contributed by atoms with Crippen LogP contribution in [0, 0.1) is 0 Å². The average molecular weight is 398 g/mol. The molecular weight excluding hydrogens is 376 g/mol. The van der Waals surface area contributed by atoms with Gasteiger partial charge in [0.25, 0.3) is 5.91 Å². The molecule has 0 radical (unpaired) electrons. The molecule has 4 aromatic rings. The fourth-order valence-electron chi connectivity index (χ4n) is 3.98. The average Bonchev–Trinajstić information content (AvgIpc) is 3.38. The lowest BCUT2D eigenvalue weighted by molar-refractivity contribution is 0.102. The Balaban J connectivity index is 1.49. The molecule has 0 saturated heterocycles. The maximum absolute atomic E-state index is 13.2. The highest BCUT2D eigenvalue weighted by atomic mass is 16.1. The lowest BCUT2D eigenvalue weighted by Gasteiger charge is -2.09. The van der Waals surface area contributed by atoms with Gasteiger partial charge in [-0.25, -0.2) is 4.98 Å². The minimum atomic E-state index is -0.177. The highest BCUT2D eigenvalue weighted by molar-refractivity contribution is 6.04. The molecule has 0 aliphatic carbocycles. The largest absolute Gasteiger partial charge is 0.327 e. The van der Waals surface area contributed by atoms with Crippen LogP contribution in [0.25, 0.3) is 17.1 Å². The van der Waals surface area contributed by atoms with Crippen LogP contribution in [-0.4, -0.2) is 30.2 Å². The van der Waals surface area contributed by atoms with E-state index < -0.39 is 0 Å². The topological polar surface area (TPSA) is 77.6 Å².